The van der Waals surface area contributed by atoms with Gasteiger partial charge >= 0.3 is 0 Å². The average Bonchev–Trinajstić information content (AvgIpc) is 2.79. The Labute approximate surface area is 215 Å². The molecule has 2 aromatic rings. The molecule has 1 amide bonds. The van der Waals surface area contributed by atoms with Gasteiger partial charge in [-0.3, -0.25) is 9.69 Å². The molecule has 0 aliphatic carbocycles. The highest BCUT2D eigenvalue weighted by Crippen LogP contribution is 2.24. The van der Waals surface area contributed by atoms with Crippen molar-refractivity contribution in [2.75, 3.05) is 4.90 Å². The summed E-state index contributed by atoms with van der Waals surface area (Å²) in [6.07, 6.45) is 12.1. The number of hydrogen-bond acceptors (Lipinski definition) is 3. The molecule has 0 aromatic heterocycles. The lowest BCUT2D eigenvalue weighted by Crippen LogP contribution is -2.23. The van der Waals surface area contributed by atoms with E-state index >= 15 is 0 Å². The standard InChI is InChI=1S/C13H11NOS.C12H25NO.CH3NOS/c15-13(16)14(11-7-3-1-4-8-11)12-9-5-2-6-10-12;1-2-3-4-5-6-7-8-9-10-11-12(13)14;2-1(3)4/h1-10H,(H,15,16);2-11H2,1H3,(H2,13,14);(H3,2,3,4). The van der Waals surface area contributed by atoms with E-state index in [1.165, 1.54) is 44.9 Å². The molecule has 2 aromatic carbocycles. The molecule has 0 unspecified atom stereocenters. The van der Waals surface area contributed by atoms with Crippen LogP contribution in [0.3, 0.4) is 0 Å². The molecule has 0 aliphatic heterocycles. The molecule has 8 heteroatoms. The maximum atomic E-state index is 10.4. The number of carbonyl (C=O) groups is 1. The van der Waals surface area contributed by atoms with Crippen LogP contribution in [0, 0.1) is 0 Å². The maximum Gasteiger partial charge on any atom is 0.266 e. The Morgan fingerprint density at radius 2 is 1.09 bits per heavy atom. The van der Waals surface area contributed by atoms with Crippen molar-refractivity contribution in [3.63, 3.8) is 0 Å². The molecule has 188 valence electrons. The fourth-order valence-electron chi connectivity index (χ4n) is 3.13. The highest BCUT2D eigenvalue weighted by molar-refractivity contribution is 7.80. The van der Waals surface area contributed by atoms with Crippen molar-refractivity contribution in [3.05, 3.63) is 60.7 Å². The number of nitrogens with two attached hydrogens (primary N) is 2. The first-order chi connectivity index (χ1) is 16.3. The van der Waals surface area contributed by atoms with Gasteiger partial charge < -0.3 is 21.7 Å². The van der Waals surface area contributed by atoms with Crippen molar-refractivity contribution in [3.8, 4) is 0 Å². The molecule has 0 fully saturated rings. The summed E-state index contributed by atoms with van der Waals surface area (Å²) in [6.45, 7) is 2.24. The van der Waals surface area contributed by atoms with Gasteiger partial charge in [-0.05, 0) is 55.1 Å². The summed E-state index contributed by atoms with van der Waals surface area (Å²) >= 11 is 8.73. The van der Waals surface area contributed by atoms with Crippen LogP contribution in [-0.2, 0) is 4.79 Å². The summed E-state index contributed by atoms with van der Waals surface area (Å²) < 4.78 is 0. The van der Waals surface area contributed by atoms with Crippen LogP contribution in [0.25, 0.3) is 0 Å². The molecule has 6 N–H and O–H groups in total. The number of hydrogen-bond donors (Lipinski definition) is 4. The van der Waals surface area contributed by atoms with Gasteiger partial charge in [-0.25, -0.2) is 0 Å². The third-order valence-corrected chi connectivity index (χ3v) is 4.93. The van der Waals surface area contributed by atoms with Gasteiger partial charge in [0, 0.05) is 17.8 Å². The van der Waals surface area contributed by atoms with Gasteiger partial charge in [-0.1, -0.05) is 94.7 Å². The molecular formula is C26H39N3O3S2. The van der Waals surface area contributed by atoms with E-state index in [1.54, 1.807) is 4.90 Å². The van der Waals surface area contributed by atoms with E-state index in [1.807, 2.05) is 60.7 Å². The van der Waals surface area contributed by atoms with E-state index in [0.29, 0.717) is 6.42 Å². The Morgan fingerprint density at radius 1 is 0.735 bits per heavy atom. The topological polar surface area (TPSA) is 113 Å². The molecule has 0 bridgehead atoms. The largest absolute Gasteiger partial charge is 0.487 e. The van der Waals surface area contributed by atoms with Gasteiger partial charge in [0.25, 0.3) is 10.3 Å². The number of para-hydroxylation sites is 2. The first-order valence-electron chi connectivity index (χ1n) is 11.7. The predicted octanol–water partition coefficient (Wildman–Crippen LogP) is 6.85. The number of thiocarbonyl (C=S) groups is 2. The number of nitrogens with zero attached hydrogens (tertiary/aromatic N) is 1. The average molecular weight is 506 g/mol. The Balaban J connectivity index is 0.000000559. The highest BCUT2D eigenvalue weighted by Gasteiger charge is 2.12. The molecule has 2 rings (SSSR count). The van der Waals surface area contributed by atoms with Crippen molar-refractivity contribution in [2.45, 2.75) is 71.1 Å². The van der Waals surface area contributed by atoms with Crippen molar-refractivity contribution in [1.82, 2.24) is 0 Å². The molecule has 0 heterocycles. The Bertz CT molecular complexity index is 762. The SMILES string of the molecule is CCCCCCCCCCCC(N)=O.NC(O)=S.OC(=S)N(c1ccccc1)c1ccccc1. The number of amides is 1. The second-order valence-electron chi connectivity index (χ2n) is 7.67. The second kappa shape index (κ2) is 20.9. The zero-order chi connectivity index (χ0) is 25.6. The molecule has 0 spiro atoms. The summed E-state index contributed by atoms with van der Waals surface area (Å²) in [5.41, 5.74) is 11.1. The van der Waals surface area contributed by atoms with Crippen LogP contribution in [0.5, 0.6) is 0 Å². The number of carbonyl (C=O) groups excluding carboxylic acids is 1. The van der Waals surface area contributed by atoms with E-state index in [4.69, 9.17) is 23.1 Å². The number of aliphatic hydroxyl groups is 2. The number of rotatable bonds is 12. The number of primary amides is 1. The zero-order valence-electron chi connectivity index (χ0n) is 20.1. The van der Waals surface area contributed by atoms with Crippen LogP contribution in [-0.4, -0.2) is 26.5 Å². The molecule has 0 atom stereocenters. The Hall–Kier alpha value is -2.71. The Kier molecular flexibility index (Phi) is 19.2. The number of unbranched alkanes of at least 4 members (excludes halogenated alkanes) is 8. The highest BCUT2D eigenvalue weighted by atomic mass is 32.1. The second-order valence-corrected chi connectivity index (χ2v) is 8.46. The van der Waals surface area contributed by atoms with E-state index in [2.05, 4.69) is 24.9 Å². The van der Waals surface area contributed by atoms with Gasteiger partial charge in [0.15, 0.2) is 0 Å². The van der Waals surface area contributed by atoms with E-state index < -0.39 is 5.17 Å². The van der Waals surface area contributed by atoms with E-state index in [-0.39, 0.29) is 11.1 Å². The third kappa shape index (κ3) is 17.8. The summed E-state index contributed by atoms with van der Waals surface area (Å²) in [6, 6.07) is 19.1. The van der Waals surface area contributed by atoms with Gasteiger partial charge in [-0.15, -0.1) is 0 Å². The van der Waals surface area contributed by atoms with Crippen LogP contribution in [0.4, 0.5) is 11.4 Å². The minimum Gasteiger partial charge on any atom is -0.487 e. The molecular weight excluding hydrogens is 466 g/mol. The van der Waals surface area contributed by atoms with E-state index in [9.17, 15) is 9.90 Å². The van der Waals surface area contributed by atoms with Crippen LogP contribution in [0.2, 0.25) is 0 Å². The van der Waals surface area contributed by atoms with Crippen molar-refractivity contribution < 1.29 is 15.0 Å². The first-order valence-corrected chi connectivity index (χ1v) is 12.5. The number of benzene rings is 2. The summed E-state index contributed by atoms with van der Waals surface area (Å²) in [5, 5.41) is 16.5. The summed E-state index contributed by atoms with van der Waals surface area (Å²) in [4.78, 5) is 12.0. The minimum absolute atomic E-state index is 0.155. The summed E-state index contributed by atoms with van der Waals surface area (Å²) in [5.74, 6) is -0.159. The fraction of sp³-hybridized carbons (Fsp3) is 0.423. The fourth-order valence-corrected chi connectivity index (χ4v) is 3.34. The van der Waals surface area contributed by atoms with Gasteiger partial charge in [0.2, 0.25) is 5.91 Å². The smallest absolute Gasteiger partial charge is 0.266 e. The number of anilines is 2. The van der Waals surface area contributed by atoms with E-state index in [0.717, 1.165) is 24.2 Å². The van der Waals surface area contributed by atoms with Gasteiger partial charge in [-0.2, -0.15) is 0 Å². The monoisotopic (exact) mass is 505 g/mol. The van der Waals surface area contributed by atoms with Crippen LogP contribution in [0.1, 0.15) is 71.1 Å². The normalized spacial score (nSPS) is 9.56. The van der Waals surface area contributed by atoms with Crippen LogP contribution in [0.15, 0.2) is 60.7 Å². The Morgan fingerprint density at radius 3 is 1.41 bits per heavy atom. The molecule has 0 radical (unpaired) electrons. The van der Waals surface area contributed by atoms with Crippen LogP contribution < -0.4 is 16.4 Å². The molecule has 34 heavy (non-hydrogen) atoms. The lowest BCUT2D eigenvalue weighted by atomic mass is 10.1. The minimum atomic E-state index is -0.500. The van der Waals surface area contributed by atoms with Crippen molar-refractivity contribution in [2.24, 2.45) is 11.5 Å². The van der Waals surface area contributed by atoms with Gasteiger partial charge in [0.1, 0.15) is 0 Å². The molecule has 0 saturated heterocycles. The number of aliphatic hydroxyl groups excluding tert-OH is 2. The lowest BCUT2D eigenvalue weighted by molar-refractivity contribution is -0.118. The quantitative estimate of drug-likeness (QED) is 0.184. The molecule has 0 aliphatic rings. The summed E-state index contributed by atoms with van der Waals surface area (Å²) in [7, 11) is 0. The molecule has 6 nitrogen and oxygen atoms in total. The molecule has 0 saturated carbocycles. The maximum absolute atomic E-state index is 10.4. The van der Waals surface area contributed by atoms with Crippen molar-refractivity contribution in [1.29, 1.82) is 0 Å². The third-order valence-electron chi connectivity index (χ3n) is 4.75. The van der Waals surface area contributed by atoms with Gasteiger partial charge in [0.05, 0.1) is 0 Å². The zero-order valence-corrected chi connectivity index (χ0v) is 21.7. The van der Waals surface area contributed by atoms with Crippen molar-refractivity contribution >= 4 is 52.1 Å². The first kappa shape index (κ1) is 31.3. The lowest BCUT2D eigenvalue weighted by Gasteiger charge is -2.21. The predicted molar refractivity (Wildman–Crippen MR) is 151 cm³/mol. The van der Waals surface area contributed by atoms with Crippen LogP contribution >= 0.6 is 24.4 Å².